The maximum Gasteiger partial charge on any atom is 0.303 e. The van der Waals surface area contributed by atoms with Gasteiger partial charge in [0.2, 0.25) is 0 Å². The number of hydrogen-bond donors (Lipinski definition) is 1. The van der Waals surface area contributed by atoms with Crippen LogP contribution in [-0.2, 0) is 4.79 Å². The lowest BCUT2D eigenvalue weighted by Gasteiger charge is -2.01. The van der Waals surface area contributed by atoms with Gasteiger partial charge >= 0.3 is 5.97 Å². The van der Waals surface area contributed by atoms with Gasteiger partial charge in [-0.2, -0.15) is 0 Å². The van der Waals surface area contributed by atoms with E-state index in [1.54, 1.807) is 0 Å². The first-order chi connectivity index (χ1) is 4.52. The molecule has 0 saturated carbocycles. The van der Waals surface area contributed by atoms with Gasteiger partial charge in [-0.15, -0.1) is 0 Å². The molecule has 0 aromatic rings. The van der Waals surface area contributed by atoms with E-state index in [4.69, 9.17) is 5.11 Å². The molecule has 58 valence electrons. The van der Waals surface area contributed by atoms with Gasteiger partial charge in [0.05, 0.1) is 6.42 Å². The number of carboxylic acids is 1. The van der Waals surface area contributed by atoms with Crippen LogP contribution in [0.1, 0.15) is 27.2 Å². The molecular weight excluding hydrogens is 128 g/mol. The predicted octanol–water partition coefficient (Wildman–Crippen LogP) is 2.06. The Labute approximate surface area is 61.6 Å². The molecule has 0 radical (unpaired) electrons. The summed E-state index contributed by atoms with van der Waals surface area (Å²) in [5.41, 5.74) is 1.17. The molecule has 0 aliphatic rings. The first-order valence-electron chi connectivity index (χ1n) is 3.39. The van der Waals surface area contributed by atoms with Crippen LogP contribution in [0.25, 0.3) is 0 Å². The molecule has 0 aliphatic heterocycles. The fourth-order valence-electron chi connectivity index (χ4n) is 0.903. The van der Waals surface area contributed by atoms with E-state index in [0.717, 1.165) is 0 Å². The summed E-state index contributed by atoms with van der Waals surface area (Å²) >= 11 is 0. The Kier molecular flexibility index (Phi) is 3.77. The van der Waals surface area contributed by atoms with Gasteiger partial charge in [0, 0.05) is 0 Å². The Hall–Kier alpha value is -0.790. The maximum absolute atomic E-state index is 10.2. The molecule has 0 fully saturated rings. The van der Waals surface area contributed by atoms with Gasteiger partial charge < -0.3 is 5.11 Å². The van der Waals surface area contributed by atoms with Gasteiger partial charge in [0.15, 0.2) is 0 Å². The van der Waals surface area contributed by atoms with Crippen LogP contribution in [0.15, 0.2) is 11.6 Å². The third-order valence-corrected chi connectivity index (χ3v) is 1.11. The third-order valence-electron chi connectivity index (χ3n) is 1.11. The van der Waals surface area contributed by atoms with Crippen molar-refractivity contribution < 1.29 is 9.90 Å². The number of hydrogen-bond acceptors (Lipinski definition) is 1. The maximum atomic E-state index is 10.2. The average Bonchev–Trinajstić information content (AvgIpc) is 1.58. The molecule has 1 N–H and O–H groups in total. The Morgan fingerprint density at radius 2 is 2.10 bits per heavy atom. The Bertz CT molecular complexity index is 143. The second-order valence-electron chi connectivity index (χ2n) is 2.82. The molecule has 2 heteroatoms. The van der Waals surface area contributed by atoms with E-state index in [-0.39, 0.29) is 12.3 Å². The summed E-state index contributed by atoms with van der Waals surface area (Å²) in [6.07, 6.45) is 2.19. The van der Waals surface area contributed by atoms with Crippen LogP contribution in [0.3, 0.4) is 0 Å². The summed E-state index contributed by atoms with van der Waals surface area (Å²) in [6, 6.07) is 0. The van der Waals surface area contributed by atoms with Crippen LogP contribution >= 0.6 is 0 Å². The second-order valence-corrected chi connectivity index (χ2v) is 2.82. The van der Waals surface area contributed by atoms with Crippen molar-refractivity contribution in [2.75, 3.05) is 0 Å². The van der Waals surface area contributed by atoms with Gasteiger partial charge in [0.1, 0.15) is 0 Å². The number of aliphatic carboxylic acids is 1. The molecular formula is C8H14O2. The first kappa shape index (κ1) is 9.21. The van der Waals surface area contributed by atoms with E-state index >= 15 is 0 Å². The SMILES string of the molecule is CC(C)=CC(C)CC(=O)O. The van der Waals surface area contributed by atoms with E-state index in [1.807, 2.05) is 26.8 Å². The monoisotopic (exact) mass is 142 g/mol. The van der Waals surface area contributed by atoms with E-state index < -0.39 is 5.97 Å². The average molecular weight is 142 g/mol. The van der Waals surface area contributed by atoms with Crippen molar-refractivity contribution in [2.45, 2.75) is 27.2 Å². The number of carbonyl (C=O) groups is 1. The van der Waals surface area contributed by atoms with Gasteiger partial charge in [-0.25, -0.2) is 0 Å². The largest absolute Gasteiger partial charge is 0.481 e. The van der Waals surface area contributed by atoms with Crippen LogP contribution in [0.4, 0.5) is 0 Å². The molecule has 1 unspecified atom stereocenters. The fraction of sp³-hybridized carbons (Fsp3) is 0.625. The molecule has 0 rings (SSSR count). The number of carboxylic acid groups (broad SMARTS) is 1. The molecule has 0 heterocycles. The van der Waals surface area contributed by atoms with Crippen molar-refractivity contribution in [1.29, 1.82) is 0 Å². The van der Waals surface area contributed by atoms with Gasteiger partial charge in [-0.05, 0) is 19.8 Å². The summed E-state index contributed by atoms with van der Waals surface area (Å²) < 4.78 is 0. The second kappa shape index (κ2) is 4.09. The molecule has 2 nitrogen and oxygen atoms in total. The minimum atomic E-state index is -0.731. The minimum Gasteiger partial charge on any atom is -0.481 e. The zero-order valence-corrected chi connectivity index (χ0v) is 6.72. The molecule has 0 amide bonds. The number of allylic oxidation sites excluding steroid dienone is 2. The lowest BCUT2D eigenvalue weighted by molar-refractivity contribution is -0.137. The molecule has 0 aliphatic carbocycles. The highest BCUT2D eigenvalue weighted by molar-refractivity contribution is 5.67. The highest BCUT2D eigenvalue weighted by Gasteiger charge is 2.02. The summed E-state index contributed by atoms with van der Waals surface area (Å²) in [5, 5.41) is 8.37. The zero-order valence-electron chi connectivity index (χ0n) is 6.72. The van der Waals surface area contributed by atoms with Crippen molar-refractivity contribution in [2.24, 2.45) is 5.92 Å². The summed E-state index contributed by atoms with van der Waals surface area (Å²) in [4.78, 5) is 10.2. The highest BCUT2D eigenvalue weighted by atomic mass is 16.4. The van der Waals surface area contributed by atoms with Gasteiger partial charge in [0.25, 0.3) is 0 Å². The Balaban J connectivity index is 3.75. The van der Waals surface area contributed by atoms with Crippen LogP contribution in [-0.4, -0.2) is 11.1 Å². The first-order valence-corrected chi connectivity index (χ1v) is 3.39. The molecule has 0 spiro atoms. The van der Waals surface area contributed by atoms with Crippen molar-refractivity contribution in [3.63, 3.8) is 0 Å². The van der Waals surface area contributed by atoms with E-state index in [1.165, 1.54) is 5.57 Å². The van der Waals surface area contributed by atoms with Crippen molar-refractivity contribution in [3.8, 4) is 0 Å². The van der Waals surface area contributed by atoms with E-state index in [9.17, 15) is 4.79 Å². The molecule has 1 atom stereocenters. The Morgan fingerprint density at radius 3 is 2.40 bits per heavy atom. The highest BCUT2D eigenvalue weighted by Crippen LogP contribution is 2.06. The van der Waals surface area contributed by atoms with Crippen molar-refractivity contribution in [1.82, 2.24) is 0 Å². The summed E-state index contributed by atoms with van der Waals surface area (Å²) in [5.74, 6) is -0.576. The summed E-state index contributed by atoms with van der Waals surface area (Å²) in [7, 11) is 0. The number of rotatable bonds is 3. The lowest BCUT2D eigenvalue weighted by Crippen LogP contribution is -2.01. The van der Waals surface area contributed by atoms with Gasteiger partial charge in [-0.1, -0.05) is 18.6 Å². The zero-order chi connectivity index (χ0) is 8.15. The topological polar surface area (TPSA) is 37.3 Å². The molecule has 0 bridgehead atoms. The Morgan fingerprint density at radius 1 is 1.60 bits per heavy atom. The van der Waals surface area contributed by atoms with Crippen LogP contribution in [0.5, 0.6) is 0 Å². The third kappa shape index (κ3) is 5.35. The van der Waals surface area contributed by atoms with E-state index in [0.29, 0.717) is 0 Å². The fourth-order valence-corrected chi connectivity index (χ4v) is 0.903. The minimum absolute atomic E-state index is 0.155. The summed E-state index contributed by atoms with van der Waals surface area (Å²) in [6.45, 7) is 5.85. The lowest BCUT2D eigenvalue weighted by atomic mass is 10.1. The molecule has 0 aromatic heterocycles. The van der Waals surface area contributed by atoms with E-state index in [2.05, 4.69) is 0 Å². The smallest absolute Gasteiger partial charge is 0.303 e. The molecule has 10 heavy (non-hydrogen) atoms. The van der Waals surface area contributed by atoms with Crippen LogP contribution < -0.4 is 0 Å². The predicted molar refractivity (Wildman–Crippen MR) is 40.8 cm³/mol. The van der Waals surface area contributed by atoms with Crippen LogP contribution in [0.2, 0.25) is 0 Å². The molecule has 0 aromatic carbocycles. The molecule has 0 saturated heterocycles. The normalized spacial score (nSPS) is 12.3. The van der Waals surface area contributed by atoms with Crippen LogP contribution in [0, 0.1) is 5.92 Å². The van der Waals surface area contributed by atoms with Crippen molar-refractivity contribution >= 4 is 5.97 Å². The standard InChI is InChI=1S/C8H14O2/c1-6(2)4-7(3)5-8(9)10/h4,7H,5H2,1-3H3,(H,9,10). The quantitative estimate of drug-likeness (QED) is 0.612. The van der Waals surface area contributed by atoms with Crippen molar-refractivity contribution in [3.05, 3.63) is 11.6 Å². The van der Waals surface area contributed by atoms with Gasteiger partial charge in [-0.3, -0.25) is 4.79 Å².